The molecule has 13 heteroatoms. The summed E-state index contributed by atoms with van der Waals surface area (Å²) in [6.07, 6.45) is -3.04. The number of likely N-dealkylation sites (tertiary alicyclic amines) is 1. The molecule has 0 unspecified atom stereocenters. The maximum atomic E-state index is 13.5. The molecule has 1 N–H and O–H groups in total. The van der Waals surface area contributed by atoms with Crippen molar-refractivity contribution in [3.8, 4) is 0 Å². The van der Waals surface area contributed by atoms with Crippen LogP contribution in [-0.2, 0) is 17.5 Å². The molecule has 2 aliphatic heterocycles. The zero-order valence-electron chi connectivity index (χ0n) is 20.4. The van der Waals surface area contributed by atoms with E-state index in [0.29, 0.717) is 29.4 Å². The highest BCUT2D eigenvalue weighted by molar-refractivity contribution is 8.18. The third-order valence-electron chi connectivity index (χ3n) is 6.61. The molecule has 2 aliphatic rings. The van der Waals surface area contributed by atoms with Crippen LogP contribution in [0.25, 0.3) is 17.0 Å². The number of carbonyl (C=O) groups is 2. The minimum absolute atomic E-state index is 0.0125. The van der Waals surface area contributed by atoms with Crippen molar-refractivity contribution in [2.75, 3.05) is 26.2 Å². The average Bonchev–Trinajstić information content (AvgIpc) is 3.53. The third-order valence-corrected chi connectivity index (χ3v) is 7.75. The number of rotatable bonds is 7. The molecule has 1 aromatic heterocycles. The van der Waals surface area contributed by atoms with E-state index in [9.17, 15) is 32.3 Å². The van der Waals surface area contributed by atoms with Crippen LogP contribution in [0.5, 0.6) is 0 Å². The molecule has 5 rings (SSSR count). The van der Waals surface area contributed by atoms with Crippen molar-refractivity contribution in [1.29, 1.82) is 0 Å². The van der Waals surface area contributed by atoms with Gasteiger partial charge in [-0.2, -0.15) is 18.3 Å². The van der Waals surface area contributed by atoms with E-state index >= 15 is 0 Å². The fourth-order valence-electron chi connectivity index (χ4n) is 4.76. The Balaban J connectivity index is 1.30. The molecule has 2 atom stereocenters. The van der Waals surface area contributed by atoms with E-state index in [1.54, 1.807) is 29.2 Å². The van der Waals surface area contributed by atoms with Crippen molar-refractivity contribution in [3.63, 3.8) is 0 Å². The molecular weight excluding hydrogens is 560 g/mol. The monoisotopic (exact) mass is 582 g/mol. The number of aliphatic hydroxyl groups excluding tert-OH is 1. The number of imide groups is 1. The first-order chi connectivity index (χ1) is 18.5. The first kappa shape index (κ1) is 27.6. The van der Waals surface area contributed by atoms with E-state index in [1.807, 2.05) is 0 Å². The number of alkyl halides is 4. The van der Waals surface area contributed by atoms with Crippen LogP contribution in [0.2, 0.25) is 5.02 Å². The summed E-state index contributed by atoms with van der Waals surface area (Å²) in [5, 5.41) is 14.7. The second-order valence-corrected chi connectivity index (χ2v) is 10.9. The number of β-amino-alcohol motifs (C(OH)–C–C–N with tert-alkyl or cyclic N) is 1. The molecular formula is C26H23ClF4N4O3S. The van der Waals surface area contributed by atoms with Gasteiger partial charge in [-0.25, -0.2) is 4.39 Å². The van der Waals surface area contributed by atoms with E-state index in [-0.39, 0.29) is 41.7 Å². The largest absolute Gasteiger partial charge is 0.416 e. The van der Waals surface area contributed by atoms with Crippen molar-refractivity contribution in [1.82, 2.24) is 19.6 Å². The zero-order valence-corrected chi connectivity index (χ0v) is 21.9. The summed E-state index contributed by atoms with van der Waals surface area (Å²) in [6.45, 7) is 0.594. The molecule has 206 valence electrons. The smallest absolute Gasteiger partial charge is 0.390 e. The van der Waals surface area contributed by atoms with Crippen molar-refractivity contribution >= 4 is 51.5 Å². The van der Waals surface area contributed by atoms with Gasteiger partial charge in [0.2, 0.25) is 0 Å². The van der Waals surface area contributed by atoms with E-state index < -0.39 is 35.2 Å². The Morgan fingerprint density at radius 3 is 2.69 bits per heavy atom. The van der Waals surface area contributed by atoms with E-state index in [4.69, 9.17) is 11.6 Å². The van der Waals surface area contributed by atoms with Gasteiger partial charge in [-0.3, -0.25) is 24.1 Å². The molecule has 2 aromatic carbocycles. The molecule has 3 aromatic rings. The van der Waals surface area contributed by atoms with Crippen LogP contribution in [0.15, 0.2) is 47.5 Å². The van der Waals surface area contributed by atoms with Crippen LogP contribution in [0.3, 0.4) is 0 Å². The number of halogens is 5. The molecule has 3 heterocycles. The molecule has 0 saturated carbocycles. The van der Waals surface area contributed by atoms with Gasteiger partial charge < -0.3 is 5.11 Å². The van der Waals surface area contributed by atoms with Crippen LogP contribution in [0.1, 0.15) is 23.1 Å². The summed E-state index contributed by atoms with van der Waals surface area (Å²) in [5.74, 6) is -0.535. The zero-order chi connectivity index (χ0) is 27.9. The molecule has 0 aliphatic carbocycles. The van der Waals surface area contributed by atoms with Gasteiger partial charge >= 0.3 is 6.18 Å². The number of benzene rings is 2. The highest BCUT2D eigenvalue weighted by Gasteiger charge is 2.37. The average molecular weight is 583 g/mol. The number of hydrogen-bond donors (Lipinski definition) is 1. The Hall–Kier alpha value is -2.93. The lowest BCUT2D eigenvalue weighted by Gasteiger charge is -2.22. The summed E-state index contributed by atoms with van der Waals surface area (Å²) < 4.78 is 55.3. The van der Waals surface area contributed by atoms with Crippen LogP contribution in [-0.4, -0.2) is 74.3 Å². The van der Waals surface area contributed by atoms with Crippen molar-refractivity contribution in [2.45, 2.75) is 31.4 Å². The van der Waals surface area contributed by atoms with Gasteiger partial charge in [0.1, 0.15) is 6.17 Å². The van der Waals surface area contributed by atoms with Crippen LogP contribution in [0.4, 0.5) is 22.4 Å². The minimum atomic E-state index is -4.57. The SMILES string of the molecule is O=C1S/C(=C\c2ccc3c(cnn3Cc3ccc(Cl)cc3C(F)(F)F)c2)C(=O)N1C[C@H](O)CN1CC[C@@H](F)C1. The second-order valence-electron chi connectivity index (χ2n) is 9.51. The van der Waals surface area contributed by atoms with Gasteiger partial charge in [0.25, 0.3) is 11.1 Å². The fraction of sp³-hybridized carbons (Fsp3) is 0.346. The van der Waals surface area contributed by atoms with Crippen molar-refractivity contribution in [3.05, 3.63) is 69.2 Å². The number of amides is 2. The molecule has 2 fully saturated rings. The number of aliphatic hydroxyl groups is 1. The molecule has 0 bridgehead atoms. The molecule has 0 radical (unpaired) electrons. The summed E-state index contributed by atoms with van der Waals surface area (Å²) >= 11 is 6.53. The van der Waals surface area contributed by atoms with Gasteiger partial charge in [-0.1, -0.05) is 23.7 Å². The van der Waals surface area contributed by atoms with Gasteiger partial charge in [-0.15, -0.1) is 0 Å². The van der Waals surface area contributed by atoms with E-state index in [0.717, 1.165) is 22.7 Å². The molecule has 2 saturated heterocycles. The topological polar surface area (TPSA) is 78.7 Å². The molecule has 2 amide bonds. The molecule has 7 nitrogen and oxygen atoms in total. The van der Waals surface area contributed by atoms with Crippen LogP contribution in [0, 0.1) is 0 Å². The highest BCUT2D eigenvalue weighted by atomic mass is 35.5. The van der Waals surface area contributed by atoms with Gasteiger partial charge in [0.05, 0.1) is 41.4 Å². The summed E-state index contributed by atoms with van der Waals surface area (Å²) in [4.78, 5) is 28.2. The summed E-state index contributed by atoms with van der Waals surface area (Å²) in [6, 6.07) is 8.68. The Kier molecular flexibility index (Phi) is 7.73. The van der Waals surface area contributed by atoms with Crippen molar-refractivity contribution < 1.29 is 32.3 Å². The van der Waals surface area contributed by atoms with E-state index in [2.05, 4.69) is 5.10 Å². The third kappa shape index (κ3) is 6.13. The maximum Gasteiger partial charge on any atom is 0.416 e. The number of carbonyl (C=O) groups excluding carboxylic acids is 2. The summed E-state index contributed by atoms with van der Waals surface area (Å²) in [5.41, 5.74) is 0.375. The highest BCUT2D eigenvalue weighted by Crippen LogP contribution is 2.35. The Labute approximate surface area is 230 Å². The number of thioether (sulfide) groups is 1. The number of nitrogens with zero attached hydrogens (tertiary/aromatic N) is 4. The Bertz CT molecular complexity index is 1460. The number of fused-ring (bicyclic) bond motifs is 1. The number of aromatic nitrogens is 2. The van der Waals surface area contributed by atoms with Gasteiger partial charge in [0.15, 0.2) is 0 Å². The molecule has 39 heavy (non-hydrogen) atoms. The standard InChI is InChI=1S/C26H23ClF4N4O3S/c27-18-3-2-16(21(9-18)26(29,30)31)11-35-22-4-1-15(7-17(22)10-32-35)8-23-24(37)34(25(38)39-23)14-20(36)13-33-6-5-19(28)12-33/h1-4,7-10,19-20,36H,5-6,11-14H2/b23-8-/t19-,20-/m1/s1. The predicted molar refractivity (Wildman–Crippen MR) is 140 cm³/mol. The Morgan fingerprint density at radius 2 is 1.97 bits per heavy atom. The lowest BCUT2D eigenvalue weighted by Crippen LogP contribution is -2.41. The van der Waals surface area contributed by atoms with Crippen molar-refractivity contribution in [2.24, 2.45) is 0 Å². The van der Waals surface area contributed by atoms with Gasteiger partial charge in [-0.05, 0) is 59.7 Å². The normalized spacial score (nSPS) is 20.6. The lowest BCUT2D eigenvalue weighted by atomic mass is 10.1. The Morgan fingerprint density at radius 1 is 1.18 bits per heavy atom. The first-order valence-corrected chi connectivity index (χ1v) is 13.3. The van der Waals surface area contributed by atoms with E-state index in [1.165, 1.54) is 23.0 Å². The second kappa shape index (κ2) is 10.9. The van der Waals surface area contributed by atoms with Crippen LogP contribution >= 0.6 is 23.4 Å². The quantitative estimate of drug-likeness (QED) is 0.305. The first-order valence-electron chi connectivity index (χ1n) is 12.1. The maximum absolute atomic E-state index is 13.5. The van der Waals surface area contributed by atoms with Gasteiger partial charge in [0, 0.05) is 30.0 Å². The summed E-state index contributed by atoms with van der Waals surface area (Å²) in [7, 11) is 0. The minimum Gasteiger partial charge on any atom is -0.390 e. The number of hydrogen-bond acceptors (Lipinski definition) is 6. The van der Waals surface area contributed by atoms with Crippen LogP contribution < -0.4 is 0 Å². The predicted octanol–water partition coefficient (Wildman–Crippen LogP) is 5.20. The fourth-order valence-corrected chi connectivity index (χ4v) is 5.78. The lowest BCUT2D eigenvalue weighted by molar-refractivity contribution is -0.138. The molecule has 0 spiro atoms.